The SMILES string of the molecule is Cc1cccc(NC(=O)c2n[nH]c(C3CC3)n2)c1C(=O)O. The molecule has 1 heterocycles. The first-order valence-corrected chi connectivity index (χ1v) is 6.63. The molecule has 2 aromatic rings. The molecule has 1 fully saturated rings. The Labute approximate surface area is 120 Å². The van der Waals surface area contributed by atoms with Crippen molar-refractivity contribution >= 4 is 17.6 Å². The van der Waals surface area contributed by atoms with Crippen molar-refractivity contribution in [1.82, 2.24) is 15.2 Å². The van der Waals surface area contributed by atoms with Crippen molar-refractivity contribution in [2.24, 2.45) is 0 Å². The number of aromatic carboxylic acids is 1. The van der Waals surface area contributed by atoms with Crippen molar-refractivity contribution in [3.63, 3.8) is 0 Å². The number of carboxylic acid groups (broad SMARTS) is 1. The van der Waals surface area contributed by atoms with Gasteiger partial charge in [-0.1, -0.05) is 12.1 Å². The van der Waals surface area contributed by atoms with Gasteiger partial charge in [-0.15, -0.1) is 5.10 Å². The van der Waals surface area contributed by atoms with E-state index < -0.39 is 11.9 Å². The Bertz CT molecular complexity index is 719. The Balaban J connectivity index is 1.83. The fraction of sp³-hybridized carbons (Fsp3) is 0.286. The third-order valence-corrected chi connectivity index (χ3v) is 3.40. The largest absolute Gasteiger partial charge is 0.478 e. The lowest BCUT2D eigenvalue weighted by Crippen LogP contribution is -2.17. The molecule has 0 radical (unpaired) electrons. The van der Waals surface area contributed by atoms with E-state index in [4.69, 9.17) is 0 Å². The molecule has 3 rings (SSSR count). The van der Waals surface area contributed by atoms with Gasteiger partial charge in [-0.05, 0) is 31.4 Å². The van der Waals surface area contributed by atoms with Crippen molar-refractivity contribution in [2.45, 2.75) is 25.7 Å². The number of carbonyl (C=O) groups is 2. The fourth-order valence-electron chi connectivity index (χ4n) is 2.15. The van der Waals surface area contributed by atoms with Gasteiger partial charge in [0, 0.05) is 5.92 Å². The maximum Gasteiger partial charge on any atom is 0.338 e. The molecule has 21 heavy (non-hydrogen) atoms. The summed E-state index contributed by atoms with van der Waals surface area (Å²) in [6.07, 6.45) is 2.11. The first kappa shape index (κ1) is 13.3. The van der Waals surface area contributed by atoms with Crippen molar-refractivity contribution < 1.29 is 14.7 Å². The molecule has 7 heteroatoms. The van der Waals surface area contributed by atoms with Crippen LogP contribution >= 0.6 is 0 Å². The van der Waals surface area contributed by atoms with Crippen LogP contribution in [0.4, 0.5) is 5.69 Å². The minimum atomic E-state index is -1.09. The van der Waals surface area contributed by atoms with Gasteiger partial charge < -0.3 is 10.4 Å². The number of H-pyrrole nitrogens is 1. The first-order valence-electron chi connectivity index (χ1n) is 6.63. The van der Waals surface area contributed by atoms with Crippen LogP contribution in [0.2, 0.25) is 0 Å². The summed E-state index contributed by atoms with van der Waals surface area (Å²) in [4.78, 5) is 27.5. The van der Waals surface area contributed by atoms with Crippen molar-refractivity contribution in [2.75, 3.05) is 5.32 Å². The van der Waals surface area contributed by atoms with Gasteiger partial charge in [-0.25, -0.2) is 9.78 Å². The van der Waals surface area contributed by atoms with Crippen molar-refractivity contribution in [3.8, 4) is 0 Å². The lowest BCUT2D eigenvalue weighted by Gasteiger charge is -2.09. The van der Waals surface area contributed by atoms with Crippen LogP contribution in [0, 0.1) is 6.92 Å². The Hall–Kier alpha value is -2.70. The number of carbonyl (C=O) groups excluding carboxylic acids is 1. The second-order valence-electron chi connectivity index (χ2n) is 5.08. The number of nitrogens with zero attached hydrogens (tertiary/aromatic N) is 2. The van der Waals surface area contributed by atoms with E-state index in [1.165, 1.54) is 0 Å². The van der Waals surface area contributed by atoms with Gasteiger partial charge in [-0.2, -0.15) is 0 Å². The summed E-state index contributed by atoms with van der Waals surface area (Å²) in [5.41, 5.74) is 0.892. The Morgan fingerprint density at radius 2 is 2.14 bits per heavy atom. The third kappa shape index (κ3) is 2.62. The number of rotatable bonds is 4. The highest BCUT2D eigenvalue weighted by molar-refractivity contribution is 6.06. The highest BCUT2D eigenvalue weighted by atomic mass is 16.4. The van der Waals surface area contributed by atoms with E-state index in [1.54, 1.807) is 25.1 Å². The topological polar surface area (TPSA) is 108 Å². The molecule has 0 atom stereocenters. The van der Waals surface area contributed by atoms with E-state index >= 15 is 0 Å². The number of aromatic amines is 1. The number of amides is 1. The molecule has 0 unspecified atom stereocenters. The van der Waals surface area contributed by atoms with E-state index in [0.717, 1.165) is 12.8 Å². The standard InChI is InChI=1S/C14H14N4O3/c1-7-3-2-4-9(10(7)14(20)21)15-13(19)12-16-11(17-18-12)8-5-6-8/h2-4,8H,5-6H2,1H3,(H,15,19)(H,20,21)(H,16,17,18). The summed E-state index contributed by atoms with van der Waals surface area (Å²) >= 11 is 0. The number of carboxylic acids is 1. The van der Waals surface area contributed by atoms with Crippen molar-refractivity contribution in [3.05, 3.63) is 41.0 Å². The molecule has 1 aliphatic rings. The predicted octanol–water partition coefficient (Wildman–Crippen LogP) is 1.94. The summed E-state index contributed by atoms with van der Waals surface area (Å²) in [6, 6.07) is 4.91. The zero-order chi connectivity index (χ0) is 15.0. The molecule has 1 saturated carbocycles. The van der Waals surface area contributed by atoms with Crippen molar-refractivity contribution in [1.29, 1.82) is 0 Å². The van der Waals surface area contributed by atoms with Crippen LogP contribution in [0.3, 0.4) is 0 Å². The highest BCUT2D eigenvalue weighted by Gasteiger charge is 2.28. The molecule has 1 aromatic heterocycles. The van der Waals surface area contributed by atoms with Gasteiger partial charge in [0.2, 0.25) is 5.82 Å². The molecular formula is C14H14N4O3. The maximum atomic E-state index is 12.1. The van der Waals surface area contributed by atoms with Crippen LogP contribution in [0.1, 0.15) is 51.1 Å². The number of aromatic nitrogens is 3. The Morgan fingerprint density at radius 3 is 2.81 bits per heavy atom. The first-order chi connectivity index (χ1) is 10.1. The molecule has 0 bridgehead atoms. The molecule has 7 nitrogen and oxygen atoms in total. The molecule has 0 saturated heterocycles. The van der Waals surface area contributed by atoms with Gasteiger partial charge in [0.05, 0.1) is 11.3 Å². The fourth-order valence-corrected chi connectivity index (χ4v) is 2.15. The summed E-state index contributed by atoms with van der Waals surface area (Å²) < 4.78 is 0. The van der Waals surface area contributed by atoms with Gasteiger partial charge in [0.1, 0.15) is 5.82 Å². The van der Waals surface area contributed by atoms with Gasteiger partial charge in [0.15, 0.2) is 0 Å². The number of aryl methyl sites for hydroxylation is 1. The van der Waals surface area contributed by atoms with Gasteiger partial charge in [-0.3, -0.25) is 9.89 Å². The van der Waals surface area contributed by atoms with Crippen LogP contribution in [0.5, 0.6) is 0 Å². The monoisotopic (exact) mass is 286 g/mol. The lowest BCUT2D eigenvalue weighted by molar-refractivity contribution is 0.0697. The second-order valence-corrected chi connectivity index (χ2v) is 5.08. The average Bonchev–Trinajstić information content (AvgIpc) is 3.16. The number of hydrogen-bond acceptors (Lipinski definition) is 4. The van der Waals surface area contributed by atoms with Crippen LogP contribution in [-0.2, 0) is 0 Å². The molecule has 1 aromatic carbocycles. The lowest BCUT2D eigenvalue weighted by atomic mass is 10.1. The molecular weight excluding hydrogens is 272 g/mol. The minimum absolute atomic E-state index is 0.0229. The van der Waals surface area contributed by atoms with E-state index in [2.05, 4.69) is 20.5 Å². The van der Waals surface area contributed by atoms with Crippen LogP contribution < -0.4 is 5.32 Å². The maximum absolute atomic E-state index is 12.1. The predicted molar refractivity (Wildman–Crippen MR) is 74.4 cm³/mol. The summed E-state index contributed by atoms with van der Waals surface area (Å²) in [5.74, 6) is -0.506. The Morgan fingerprint density at radius 1 is 1.38 bits per heavy atom. The van der Waals surface area contributed by atoms with E-state index in [-0.39, 0.29) is 17.1 Å². The minimum Gasteiger partial charge on any atom is -0.478 e. The number of nitrogens with one attached hydrogen (secondary N) is 2. The van der Waals surface area contributed by atoms with E-state index in [0.29, 0.717) is 17.3 Å². The average molecular weight is 286 g/mol. The number of benzene rings is 1. The second kappa shape index (κ2) is 5.01. The molecule has 0 aliphatic heterocycles. The molecule has 3 N–H and O–H groups in total. The van der Waals surface area contributed by atoms with Crippen LogP contribution in [0.15, 0.2) is 18.2 Å². The molecule has 1 aliphatic carbocycles. The quantitative estimate of drug-likeness (QED) is 0.796. The third-order valence-electron chi connectivity index (χ3n) is 3.40. The summed E-state index contributed by atoms with van der Waals surface area (Å²) in [5, 5.41) is 18.4. The molecule has 1 amide bonds. The zero-order valence-electron chi connectivity index (χ0n) is 11.4. The summed E-state index contributed by atoms with van der Waals surface area (Å²) in [7, 11) is 0. The smallest absolute Gasteiger partial charge is 0.338 e. The van der Waals surface area contributed by atoms with Gasteiger partial charge >= 0.3 is 5.97 Å². The normalized spacial score (nSPS) is 14.0. The van der Waals surface area contributed by atoms with Gasteiger partial charge in [0.25, 0.3) is 5.91 Å². The van der Waals surface area contributed by atoms with E-state index in [1.807, 2.05) is 0 Å². The molecule has 108 valence electrons. The summed E-state index contributed by atoms with van der Waals surface area (Å²) in [6.45, 7) is 1.68. The number of hydrogen-bond donors (Lipinski definition) is 3. The number of anilines is 1. The Kier molecular flexibility index (Phi) is 3.17. The van der Waals surface area contributed by atoms with Crippen LogP contribution in [0.25, 0.3) is 0 Å². The van der Waals surface area contributed by atoms with Crippen LogP contribution in [-0.4, -0.2) is 32.2 Å². The molecule has 0 spiro atoms. The highest BCUT2D eigenvalue weighted by Crippen LogP contribution is 2.37. The van der Waals surface area contributed by atoms with E-state index in [9.17, 15) is 14.7 Å². The zero-order valence-corrected chi connectivity index (χ0v) is 11.4.